The lowest BCUT2D eigenvalue weighted by atomic mass is 10.3. The first kappa shape index (κ1) is 10.9. The Bertz CT molecular complexity index is 312. The molecule has 1 aromatic carbocycles. The molecular weight excluding hydrogens is 204 g/mol. The van der Waals surface area contributed by atoms with Gasteiger partial charge in [-0.3, -0.25) is 4.79 Å². The number of halogens is 1. The summed E-state index contributed by atoms with van der Waals surface area (Å²) in [5.41, 5.74) is 0. The van der Waals surface area contributed by atoms with Gasteiger partial charge in [0.1, 0.15) is 5.75 Å². The summed E-state index contributed by atoms with van der Waals surface area (Å²) in [4.78, 5) is 10.8. The number of hydrogen-bond donors (Lipinski definition) is 0. The first-order valence-electron chi connectivity index (χ1n) is 4.18. The molecule has 0 fully saturated rings. The predicted molar refractivity (Wildman–Crippen MR) is 53.6 cm³/mol. The van der Waals surface area contributed by atoms with Crippen LogP contribution in [-0.2, 0) is 9.53 Å². The maximum Gasteiger partial charge on any atom is 0.308 e. The van der Waals surface area contributed by atoms with Crippen LogP contribution in [0.15, 0.2) is 24.3 Å². The number of rotatable bonds is 4. The molecule has 0 saturated carbocycles. The fraction of sp³-hybridized carbons (Fsp3) is 0.300. The molecule has 0 heterocycles. The van der Waals surface area contributed by atoms with Gasteiger partial charge in [-0.1, -0.05) is 23.7 Å². The number of esters is 1. The number of ether oxygens (including phenoxy) is 2. The third-order valence-corrected chi connectivity index (χ3v) is 1.94. The van der Waals surface area contributed by atoms with Gasteiger partial charge in [0.15, 0.2) is 0 Å². The second-order valence-corrected chi connectivity index (χ2v) is 3.01. The zero-order valence-electron chi connectivity index (χ0n) is 7.83. The number of para-hydroxylation sites is 1. The van der Waals surface area contributed by atoms with E-state index in [9.17, 15) is 4.79 Å². The molecule has 1 rings (SSSR count). The molecule has 0 unspecified atom stereocenters. The second-order valence-electron chi connectivity index (χ2n) is 2.61. The third-order valence-electron chi connectivity index (χ3n) is 1.63. The molecule has 0 amide bonds. The van der Waals surface area contributed by atoms with Crippen molar-refractivity contribution in [3.8, 4) is 5.75 Å². The third kappa shape index (κ3) is 3.26. The van der Waals surface area contributed by atoms with Crippen LogP contribution in [0.2, 0.25) is 5.02 Å². The molecule has 0 N–H and O–H groups in total. The van der Waals surface area contributed by atoms with Crippen molar-refractivity contribution in [3.05, 3.63) is 29.3 Å². The molecule has 0 aliphatic rings. The molecule has 4 heteroatoms. The molecule has 0 spiro atoms. The van der Waals surface area contributed by atoms with Crippen LogP contribution in [0.4, 0.5) is 0 Å². The van der Waals surface area contributed by atoms with Gasteiger partial charge in [-0.25, -0.2) is 0 Å². The van der Waals surface area contributed by atoms with E-state index in [1.165, 1.54) is 7.11 Å². The zero-order valence-corrected chi connectivity index (χ0v) is 8.58. The Kier molecular flexibility index (Phi) is 4.26. The van der Waals surface area contributed by atoms with Crippen LogP contribution in [0.3, 0.4) is 0 Å². The number of methoxy groups -OCH3 is 1. The molecule has 3 nitrogen and oxygen atoms in total. The largest absolute Gasteiger partial charge is 0.491 e. The van der Waals surface area contributed by atoms with Crippen molar-refractivity contribution < 1.29 is 14.3 Å². The minimum absolute atomic E-state index is 0.224. The summed E-state index contributed by atoms with van der Waals surface area (Å²) >= 11 is 5.83. The van der Waals surface area contributed by atoms with Gasteiger partial charge in [0.2, 0.25) is 0 Å². The standard InChI is InChI=1S/C10H11ClO3/c1-13-10(12)6-7-14-9-5-3-2-4-8(9)11/h2-5H,6-7H2,1H3. The van der Waals surface area contributed by atoms with E-state index >= 15 is 0 Å². The van der Waals surface area contributed by atoms with Crippen LogP contribution >= 0.6 is 11.6 Å². The highest BCUT2D eigenvalue weighted by Crippen LogP contribution is 2.22. The van der Waals surface area contributed by atoms with Gasteiger partial charge in [-0.05, 0) is 12.1 Å². The smallest absolute Gasteiger partial charge is 0.308 e. The summed E-state index contributed by atoms with van der Waals surface area (Å²) in [7, 11) is 1.35. The Morgan fingerprint density at radius 2 is 2.14 bits per heavy atom. The molecule has 0 aliphatic heterocycles. The lowest BCUT2D eigenvalue weighted by Gasteiger charge is -2.06. The van der Waals surface area contributed by atoms with Crippen LogP contribution < -0.4 is 4.74 Å². The fourth-order valence-electron chi connectivity index (χ4n) is 0.908. The molecule has 14 heavy (non-hydrogen) atoms. The molecule has 0 aromatic heterocycles. The summed E-state index contributed by atoms with van der Waals surface area (Å²) in [6.45, 7) is 0.274. The van der Waals surface area contributed by atoms with Crippen LogP contribution in [0.5, 0.6) is 5.75 Å². The van der Waals surface area contributed by atoms with Crippen molar-refractivity contribution in [3.63, 3.8) is 0 Å². The Morgan fingerprint density at radius 3 is 2.79 bits per heavy atom. The average Bonchev–Trinajstić information content (AvgIpc) is 2.20. The van der Waals surface area contributed by atoms with Crippen LogP contribution in [0.25, 0.3) is 0 Å². The second kappa shape index (κ2) is 5.50. The molecule has 0 atom stereocenters. The maximum absolute atomic E-state index is 10.8. The van der Waals surface area contributed by atoms with E-state index in [2.05, 4.69) is 4.74 Å². The first-order chi connectivity index (χ1) is 6.74. The number of carbonyl (C=O) groups is 1. The summed E-state index contributed by atoms with van der Waals surface area (Å²) < 4.78 is 9.74. The Morgan fingerprint density at radius 1 is 1.43 bits per heavy atom. The van der Waals surface area contributed by atoms with E-state index in [4.69, 9.17) is 16.3 Å². The van der Waals surface area contributed by atoms with Crippen LogP contribution in [0, 0.1) is 0 Å². The van der Waals surface area contributed by atoms with Gasteiger partial charge in [-0.15, -0.1) is 0 Å². The highest BCUT2D eigenvalue weighted by atomic mass is 35.5. The van der Waals surface area contributed by atoms with Crippen molar-refractivity contribution in [2.75, 3.05) is 13.7 Å². The lowest BCUT2D eigenvalue weighted by Crippen LogP contribution is -2.07. The highest BCUT2D eigenvalue weighted by molar-refractivity contribution is 6.32. The van der Waals surface area contributed by atoms with Crippen molar-refractivity contribution >= 4 is 17.6 Å². The first-order valence-corrected chi connectivity index (χ1v) is 4.56. The molecule has 76 valence electrons. The van der Waals surface area contributed by atoms with Crippen molar-refractivity contribution in [2.24, 2.45) is 0 Å². The fourth-order valence-corrected chi connectivity index (χ4v) is 1.10. The van der Waals surface area contributed by atoms with Gasteiger partial charge in [0, 0.05) is 0 Å². The maximum atomic E-state index is 10.8. The molecule has 0 bridgehead atoms. The molecule has 0 aliphatic carbocycles. The number of benzene rings is 1. The van der Waals surface area contributed by atoms with Crippen molar-refractivity contribution in [1.29, 1.82) is 0 Å². The zero-order chi connectivity index (χ0) is 10.4. The Labute approximate surface area is 87.6 Å². The summed E-state index contributed by atoms with van der Waals surface area (Å²) in [6.07, 6.45) is 0.224. The van der Waals surface area contributed by atoms with Gasteiger partial charge in [0.05, 0.1) is 25.2 Å². The SMILES string of the molecule is COC(=O)CCOc1ccccc1Cl. The van der Waals surface area contributed by atoms with E-state index in [0.29, 0.717) is 10.8 Å². The molecular formula is C10H11ClO3. The van der Waals surface area contributed by atoms with E-state index < -0.39 is 0 Å². The van der Waals surface area contributed by atoms with E-state index in [0.717, 1.165) is 0 Å². The quantitative estimate of drug-likeness (QED) is 0.722. The monoisotopic (exact) mass is 214 g/mol. The number of carbonyl (C=O) groups excluding carboxylic acids is 1. The van der Waals surface area contributed by atoms with Crippen LogP contribution in [-0.4, -0.2) is 19.7 Å². The summed E-state index contributed by atoms with van der Waals surface area (Å²) in [5, 5.41) is 0.539. The average molecular weight is 215 g/mol. The summed E-state index contributed by atoms with van der Waals surface area (Å²) in [6, 6.07) is 7.11. The lowest BCUT2D eigenvalue weighted by molar-refractivity contribution is -0.141. The number of hydrogen-bond acceptors (Lipinski definition) is 3. The van der Waals surface area contributed by atoms with Crippen molar-refractivity contribution in [1.82, 2.24) is 0 Å². The minimum atomic E-state index is -0.294. The van der Waals surface area contributed by atoms with E-state index in [1.54, 1.807) is 12.1 Å². The Balaban J connectivity index is 2.39. The van der Waals surface area contributed by atoms with E-state index in [1.807, 2.05) is 12.1 Å². The van der Waals surface area contributed by atoms with Crippen LogP contribution in [0.1, 0.15) is 6.42 Å². The molecule has 0 saturated heterocycles. The minimum Gasteiger partial charge on any atom is -0.491 e. The normalized spacial score (nSPS) is 9.57. The molecule has 0 radical (unpaired) electrons. The Hall–Kier alpha value is -1.22. The van der Waals surface area contributed by atoms with Gasteiger partial charge >= 0.3 is 5.97 Å². The van der Waals surface area contributed by atoms with Crippen molar-refractivity contribution in [2.45, 2.75) is 6.42 Å². The van der Waals surface area contributed by atoms with E-state index in [-0.39, 0.29) is 19.0 Å². The highest BCUT2D eigenvalue weighted by Gasteiger charge is 2.02. The van der Waals surface area contributed by atoms with Gasteiger partial charge in [-0.2, -0.15) is 0 Å². The molecule has 1 aromatic rings. The predicted octanol–water partition coefficient (Wildman–Crippen LogP) is 2.28. The van der Waals surface area contributed by atoms with Gasteiger partial charge in [0.25, 0.3) is 0 Å². The topological polar surface area (TPSA) is 35.5 Å². The summed E-state index contributed by atoms with van der Waals surface area (Å²) in [5.74, 6) is 0.287. The van der Waals surface area contributed by atoms with Gasteiger partial charge < -0.3 is 9.47 Å².